The molecule has 0 aromatic heterocycles. The summed E-state index contributed by atoms with van der Waals surface area (Å²) in [5.41, 5.74) is 1.78. The van der Waals surface area contributed by atoms with Crippen LogP contribution >= 0.6 is 12.2 Å². The fourth-order valence-corrected chi connectivity index (χ4v) is 2.69. The van der Waals surface area contributed by atoms with E-state index in [0.717, 1.165) is 12.8 Å². The van der Waals surface area contributed by atoms with Crippen LogP contribution in [-0.2, 0) is 20.7 Å². The Morgan fingerprint density at radius 3 is 2.39 bits per heavy atom. The molecule has 0 fully saturated rings. The Labute approximate surface area is 169 Å². The van der Waals surface area contributed by atoms with Crippen molar-refractivity contribution in [2.24, 2.45) is 0 Å². The van der Waals surface area contributed by atoms with Crippen molar-refractivity contribution in [2.75, 3.05) is 11.9 Å². The SMILES string of the molecule is O=C(CCCC(=O)OCCCc1ccccc1)NC(=S)Nc1ccc(F)cc1. The maximum atomic E-state index is 12.8. The van der Waals surface area contributed by atoms with Crippen molar-refractivity contribution in [2.45, 2.75) is 32.1 Å². The third kappa shape index (κ3) is 8.73. The highest BCUT2D eigenvalue weighted by Gasteiger charge is 2.08. The lowest BCUT2D eigenvalue weighted by Crippen LogP contribution is -2.34. The number of hydrogen-bond acceptors (Lipinski definition) is 4. The quantitative estimate of drug-likeness (QED) is 0.377. The van der Waals surface area contributed by atoms with Gasteiger partial charge in [0.2, 0.25) is 5.91 Å². The molecule has 0 unspecified atom stereocenters. The minimum atomic E-state index is -0.354. The first-order chi connectivity index (χ1) is 13.5. The van der Waals surface area contributed by atoms with Crippen LogP contribution in [0.1, 0.15) is 31.2 Å². The van der Waals surface area contributed by atoms with Gasteiger partial charge in [-0.3, -0.25) is 9.59 Å². The highest BCUT2D eigenvalue weighted by Crippen LogP contribution is 2.08. The molecular formula is C21H23FN2O3S. The Kier molecular flexibility index (Phi) is 9.07. The number of carbonyl (C=O) groups is 2. The van der Waals surface area contributed by atoms with Gasteiger partial charge < -0.3 is 15.4 Å². The summed E-state index contributed by atoms with van der Waals surface area (Å²) >= 11 is 5.03. The van der Waals surface area contributed by atoms with E-state index in [1.165, 1.54) is 29.8 Å². The molecule has 28 heavy (non-hydrogen) atoms. The maximum Gasteiger partial charge on any atom is 0.305 e. The van der Waals surface area contributed by atoms with Crippen LogP contribution in [0.15, 0.2) is 54.6 Å². The third-order valence-corrected chi connectivity index (χ3v) is 4.06. The molecule has 148 valence electrons. The van der Waals surface area contributed by atoms with Crippen molar-refractivity contribution >= 4 is 34.9 Å². The first-order valence-corrected chi connectivity index (χ1v) is 9.50. The maximum absolute atomic E-state index is 12.8. The molecule has 1 amide bonds. The number of amides is 1. The Morgan fingerprint density at radius 1 is 0.964 bits per heavy atom. The van der Waals surface area contributed by atoms with Gasteiger partial charge in [0.25, 0.3) is 0 Å². The van der Waals surface area contributed by atoms with E-state index >= 15 is 0 Å². The number of rotatable bonds is 9. The molecule has 7 heteroatoms. The molecule has 2 rings (SSSR count). The molecule has 0 aliphatic heterocycles. The topological polar surface area (TPSA) is 67.4 Å². The number of ether oxygens (including phenoxy) is 1. The van der Waals surface area contributed by atoms with Gasteiger partial charge in [0.05, 0.1) is 6.61 Å². The molecule has 0 spiro atoms. The van der Waals surface area contributed by atoms with E-state index in [9.17, 15) is 14.0 Å². The lowest BCUT2D eigenvalue weighted by atomic mass is 10.1. The minimum absolute atomic E-state index is 0.125. The molecule has 0 heterocycles. The zero-order valence-electron chi connectivity index (χ0n) is 15.4. The van der Waals surface area contributed by atoms with Gasteiger partial charge in [0.15, 0.2) is 5.11 Å². The van der Waals surface area contributed by atoms with E-state index in [-0.39, 0.29) is 35.6 Å². The minimum Gasteiger partial charge on any atom is -0.466 e. The smallest absolute Gasteiger partial charge is 0.305 e. The van der Waals surface area contributed by atoms with Gasteiger partial charge in [-0.1, -0.05) is 30.3 Å². The fraction of sp³-hybridized carbons (Fsp3) is 0.286. The number of benzene rings is 2. The summed E-state index contributed by atoms with van der Waals surface area (Å²) in [6, 6.07) is 15.6. The lowest BCUT2D eigenvalue weighted by Gasteiger charge is -2.09. The van der Waals surface area contributed by atoms with Crippen LogP contribution in [-0.4, -0.2) is 23.6 Å². The van der Waals surface area contributed by atoms with Gasteiger partial charge in [0.1, 0.15) is 5.82 Å². The van der Waals surface area contributed by atoms with E-state index in [1.807, 2.05) is 30.3 Å². The highest BCUT2D eigenvalue weighted by molar-refractivity contribution is 7.80. The summed E-state index contributed by atoms with van der Waals surface area (Å²) in [7, 11) is 0. The number of hydrogen-bond donors (Lipinski definition) is 2. The van der Waals surface area contributed by atoms with Crippen molar-refractivity contribution < 1.29 is 18.7 Å². The zero-order valence-corrected chi connectivity index (χ0v) is 16.3. The van der Waals surface area contributed by atoms with Crippen LogP contribution in [0.3, 0.4) is 0 Å². The average Bonchev–Trinajstić information content (AvgIpc) is 2.68. The van der Waals surface area contributed by atoms with E-state index < -0.39 is 0 Å². The van der Waals surface area contributed by atoms with Crippen LogP contribution in [0.25, 0.3) is 0 Å². The number of thiocarbonyl (C=S) groups is 1. The zero-order chi connectivity index (χ0) is 20.2. The largest absolute Gasteiger partial charge is 0.466 e. The molecule has 0 atom stereocenters. The van der Waals surface area contributed by atoms with Crippen molar-refractivity contribution in [3.63, 3.8) is 0 Å². The van der Waals surface area contributed by atoms with Crippen LogP contribution in [0.5, 0.6) is 0 Å². The predicted molar refractivity (Wildman–Crippen MR) is 110 cm³/mol. The van der Waals surface area contributed by atoms with E-state index in [2.05, 4.69) is 10.6 Å². The molecule has 2 aromatic rings. The van der Waals surface area contributed by atoms with Crippen LogP contribution in [0, 0.1) is 5.82 Å². The lowest BCUT2D eigenvalue weighted by molar-refractivity contribution is -0.143. The van der Waals surface area contributed by atoms with Crippen molar-refractivity contribution in [3.8, 4) is 0 Å². The summed E-state index contributed by atoms with van der Waals surface area (Å²) in [6.07, 6.45) is 2.33. The number of aryl methyl sites for hydroxylation is 1. The molecule has 5 nitrogen and oxygen atoms in total. The summed E-state index contributed by atoms with van der Waals surface area (Å²) in [6.45, 7) is 0.367. The number of anilines is 1. The van der Waals surface area contributed by atoms with Gasteiger partial charge in [-0.15, -0.1) is 0 Å². The number of esters is 1. The second-order valence-electron chi connectivity index (χ2n) is 6.17. The third-order valence-electron chi connectivity index (χ3n) is 3.86. The van der Waals surface area contributed by atoms with Crippen LogP contribution < -0.4 is 10.6 Å². The van der Waals surface area contributed by atoms with Gasteiger partial charge in [-0.05, 0) is 61.3 Å². The molecule has 2 N–H and O–H groups in total. The summed E-state index contributed by atoms with van der Waals surface area (Å²) < 4.78 is 18.0. The van der Waals surface area contributed by atoms with Crippen molar-refractivity contribution in [1.29, 1.82) is 0 Å². The van der Waals surface area contributed by atoms with E-state index in [0.29, 0.717) is 18.7 Å². The molecule has 2 aromatic carbocycles. The van der Waals surface area contributed by atoms with Crippen molar-refractivity contribution in [3.05, 3.63) is 66.0 Å². The molecule has 0 saturated carbocycles. The molecule has 0 radical (unpaired) electrons. The molecule has 0 aliphatic carbocycles. The summed E-state index contributed by atoms with van der Waals surface area (Å²) in [5.74, 6) is -0.961. The van der Waals surface area contributed by atoms with Crippen molar-refractivity contribution in [1.82, 2.24) is 5.32 Å². The van der Waals surface area contributed by atoms with E-state index in [1.54, 1.807) is 0 Å². The van der Waals surface area contributed by atoms with Gasteiger partial charge >= 0.3 is 5.97 Å². The van der Waals surface area contributed by atoms with E-state index in [4.69, 9.17) is 17.0 Å². The average molecular weight is 402 g/mol. The number of halogens is 1. The van der Waals surface area contributed by atoms with Gasteiger partial charge in [-0.2, -0.15) is 0 Å². The number of carbonyl (C=O) groups excluding carboxylic acids is 2. The summed E-state index contributed by atoms with van der Waals surface area (Å²) in [4.78, 5) is 23.5. The highest BCUT2D eigenvalue weighted by atomic mass is 32.1. The Balaban J connectivity index is 1.54. The standard InChI is InChI=1S/C21H23FN2O3S/c22-17-11-13-18(14-12-17)23-21(28)24-19(25)9-4-10-20(26)27-15-5-8-16-6-2-1-3-7-16/h1-3,6-7,11-14H,4-5,8-10,15H2,(H2,23,24,25,28). The monoisotopic (exact) mass is 402 g/mol. The second-order valence-corrected chi connectivity index (χ2v) is 6.58. The summed E-state index contributed by atoms with van der Waals surface area (Å²) in [5, 5.41) is 5.44. The normalized spacial score (nSPS) is 10.2. The molecule has 0 bridgehead atoms. The first-order valence-electron chi connectivity index (χ1n) is 9.09. The predicted octanol–water partition coefficient (Wildman–Crippen LogP) is 3.99. The van der Waals surface area contributed by atoms with Crippen LogP contribution in [0.4, 0.5) is 10.1 Å². The van der Waals surface area contributed by atoms with Crippen LogP contribution in [0.2, 0.25) is 0 Å². The fourth-order valence-electron chi connectivity index (χ4n) is 2.46. The molecular weight excluding hydrogens is 379 g/mol. The Hall–Kier alpha value is -2.80. The molecule has 0 aliphatic rings. The number of nitrogens with one attached hydrogen (secondary N) is 2. The second kappa shape index (κ2) is 11.8. The Bertz CT molecular complexity index is 782. The molecule has 0 saturated heterocycles. The Morgan fingerprint density at radius 2 is 1.68 bits per heavy atom. The first kappa shape index (κ1) is 21.5. The van der Waals surface area contributed by atoms with Gasteiger partial charge in [-0.25, -0.2) is 4.39 Å². The van der Waals surface area contributed by atoms with Gasteiger partial charge in [0, 0.05) is 18.5 Å².